The van der Waals surface area contributed by atoms with Gasteiger partial charge in [-0.05, 0) is 18.9 Å². The second-order valence-electron chi connectivity index (χ2n) is 7.45. The van der Waals surface area contributed by atoms with Crippen molar-refractivity contribution in [3.8, 4) is 0 Å². The number of nitro benzene ring substituents is 1. The van der Waals surface area contributed by atoms with Gasteiger partial charge in [-0.15, -0.1) is 0 Å². The largest absolute Gasteiger partial charge is 0.454 e. The fraction of sp³-hybridized carbons (Fsp3) is 0.474. The van der Waals surface area contributed by atoms with Gasteiger partial charge in [0.2, 0.25) is 11.8 Å². The van der Waals surface area contributed by atoms with E-state index in [2.05, 4.69) is 4.74 Å². The second kappa shape index (κ2) is 8.93. The van der Waals surface area contributed by atoms with Crippen LogP contribution in [-0.2, 0) is 30.1 Å². The van der Waals surface area contributed by atoms with Crippen LogP contribution in [0.1, 0.15) is 31.2 Å². The number of alkyl halides is 3. The Balaban J connectivity index is 1.58. The average Bonchev–Trinajstić information content (AvgIpc) is 2.97. The maximum absolute atomic E-state index is 13.2. The molecule has 0 unspecified atom stereocenters. The van der Waals surface area contributed by atoms with Crippen molar-refractivity contribution in [3.63, 3.8) is 0 Å². The number of fused-ring (bicyclic) bond motifs is 1. The zero-order valence-corrected chi connectivity index (χ0v) is 16.5. The fourth-order valence-electron chi connectivity index (χ4n) is 3.88. The Labute approximate surface area is 178 Å². The number of imide groups is 1. The average molecular weight is 457 g/mol. The van der Waals surface area contributed by atoms with Crippen molar-refractivity contribution < 1.29 is 42.0 Å². The van der Waals surface area contributed by atoms with Gasteiger partial charge in [0.25, 0.3) is 11.6 Å². The van der Waals surface area contributed by atoms with Gasteiger partial charge in [-0.25, -0.2) is 0 Å². The molecule has 1 aromatic rings. The Bertz CT molecular complexity index is 955. The molecule has 2 atom stereocenters. The van der Waals surface area contributed by atoms with Crippen LogP contribution >= 0.6 is 0 Å². The number of halogens is 3. The quantitative estimate of drug-likeness (QED) is 0.300. The van der Waals surface area contributed by atoms with E-state index < -0.39 is 76.7 Å². The van der Waals surface area contributed by atoms with E-state index in [1.54, 1.807) is 0 Å². The first-order valence-corrected chi connectivity index (χ1v) is 9.65. The minimum absolute atomic E-state index is 0.270. The molecule has 32 heavy (non-hydrogen) atoms. The number of hydrogen-bond acceptors (Lipinski definition) is 7. The van der Waals surface area contributed by atoms with Crippen molar-refractivity contribution in [2.24, 2.45) is 11.8 Å². The van der Waals surface area contributed by atoms with E-state index in [1.165, 1.54) is 0 Å². The van der Waals surface area contributed by atoms with Crippen LogP contribution in [0, 0.1) is 22.0 Å². The van der Waals surface area contributed by atoms with Gasteiger partial charge in [0.15, 0.2) is 6.61 Å². The van der Waals surface area contributed by atoms with Crippen molar-refractivity contribution in [2.45, 2.75) is 31.9 Å². The summed E-state index contributed by atoms with van der Waals surface area (Å²) < 4.78 is 44.2. The summed E-state index contributed by atoms with van der Waals surface area (Å²) in [6.07, 6.45) is -2.26. The zero-order valence-electron chi connectivity index (χ0n) is 16.5. The normalized spacial score (nSPS) is 20.7. The summed E-state index contributed by atoms with van der Waals surface area (Å²) in [6.45, 7) is -1.67. The molecule has 13 heteroatoms. The highest BCUT2D eigenvalue weighted by atomic mass is 19.4. The number of carbonyl (C=O) groups is 4. The summed E-state index contributed by atoms with van der Waals surface area (Å²) in [5.74, 6) is -4.07. The first-order chi connectivity index (χ1) is 15.0. The molecule has 0 aromatic heterocycles. The van der Waals surface area contributed by atoms with Gasteiger partial charge in [-0.2, -0.15) is 13.2 Å². The SMILES string of the molecule is O=C(COC(=O)CN1C(=O)[C@H]2CCCC[C@H]2C1=O)Nc1ccc([N+](=O)[O-])cc1C(F)(F)F. The summed E-state index contributed by atoms with van der Waals surface area (Å²) in [4.78, 5) is 59.1. The Hall–Kier alpha value is -3.51. The zero-order chi connectivity index (χ0) is 23.6. The lowest BCUT2D eigenvalue weighted by Crippen LogP contribution is -2.37. The van der Waals surface area contributed by atoms with Gasteiger partial charge in [0, 0.05) is 12.1 Å². The van der Waals surface area contributed by atoms with Crippen LogP contribution in [-0.4, -0.2) is 46.7 Å². The van der Waals surface area contributed by atoms with Crippen LogP contribution in [0.3, 0.4) is 0 Å². The second-order valence-corrected chi connectivity index (χ2v) is 7.45. The molecule has 0 radical (unpaired) electrons. The van der Waals surface area contributed by atoms with E-state index in [-0.39, 0.29) is 6.07 Å². The van der Waals surface area contributed by atoms with Gasteiger partial charge in [-0.1, -0.05) is 12.8 Å². The van der Waals surface area contributed by atoms with E-state index in [0.717, 1.165) is 23.8 Å². The number of non-ortho nitro benzene ring substituents is 1. The number of nitrogens with zero attached hydrogens (tertiary/aromatic N) is 2. The number of likely N-dealkylation sites (tertiary alicyclic amines) is 1. The Morgan fingerprint density at radius 2 is 1.75 bits per heavy atom. The third kappa shape index (κ3) is 4.86. The standard InChI is InChI=1S/C19H18F3N3O7/c20-19(21,22)13-7-10(25(30)31)5-6-14(13)23-15(26)9-32-16(27)8-24-17(28)11-3-1-2-4-12(11)18(24)29/h5-7,11-12H,1-4,8-9H2,(H,23,26)/t11-,12+. The van der Waals surface area contributed by atoms with Crippen molar-refractivity contribution in [1.29, 1.82) is 0 Å². The molecule has 2 fully saturated rings. The third-order valence-corrected chi connectivity index (χ3v) is 5.38. The molecular formula is C19H18F3N3O7. The van der Waals surface area contributed by atoms with Crippen LogP contribution < -0.4 is 5.32 Å². The van der Waals surface area contributed by atoms with Crippen LogP contribution in [0.5, 0.6) is 0 Å². The predicted octanol–water partition coefficient (Wildman–Crippen LogP) is 2.27. The third-order valence-electron chi connectivity index (χ3n) is 5.38. The highest BCUT2D eigenvalue weighted by Gasteiger charge is 2.48. The molecule has 1 saturated carbocycles. The van der Waals surface area contributed by atoms with Crippen LogP contribution in [0.2, 0.25) is 0 Å². The summed E-state index contributed by atoms with van der Waals surface area (Å²) in [7, 11) is 0. The van der Waals surface area contributed by atoms with Crippen molar-refractivity contribution >= 4 is 35.1 Å². The summed E-state index contributed by atoms with van der Waals surface area (Å²) in [6, 6.07) is 1.76. The van der Waals surface area contributed by atoms with E-state index in [9.17, 15) is 42.5 Å². The number of nitrogens with one attached hydrogen (secondary N) is 1. The van der Waals surface area contributed by atoms with Gasteiger partial charge >= 0.3 is 12.1 Å². The summed E-state index contributed by atoms with van der Waals surface area (Å²) in [5, 5.41) is 12.6. The van der Waals surface area contributed by atoms with Gasteiger partial charge < -0.3 is 10.1 Å². The van der Waals surface area contributed by atoms with Gasteiger partial charge in [-0.3, -0.25) is 34.2 Å². The molecule has 1 aliphatic carbocycles. The number of ether oxygens (including phenoxy) is 1. The molecule has 2 aliphatic rings. The smallest absolute Gasteiger partial charge is 0.418 e. The van der Waals surface area contributed by atoms with Crippen molar-refractivity contribution in [1.82, 2.24) is 4.90 Å². The predicted molar refractivity (Wildman–Crippen MR) is 99.9 cm³/mol. The first-order valence-electron chi connectivity index (χ1n) is 9.65. The van der Waals surface area contributed by atoms with E-state index >= 15 is 0 Å². The molecular weight excluding hydrogens is 439 g/mol. The topological polar surface area (TPSA) is 136 Å². The Morgan fingerprint density at radius 1 is 1.16 bits per heavy atom. The molecule has 3 rings (SSSR count). The molecule has 1 aromatic carbocycles. The van der Waals surface area contributed by atoms with Crippen LogP contribution in [0.25, 0.3) is 0 Å². The van der Waals surface area contributed by atoms with Gasteiger partial charge in [0.1, 0.15) is 6.54 Å². The van der Waals surface area contributed by atoms with E-state index in [1.807, 2.05) is 5.32 Å². The number of amides is 3. The van der Waals surface area contributed by atoms with Crippen molar-refractivity contribution in [3.05, 3.63) is 33.9 Å². The summed E-state index contributed by atoms with van der Waals surface area (Å²) >= 11 is 0. The first kappa shape index (κ1) is 23.2. The lowest BCUT2D eigenvalue weighted by Gasteiger charge is -2.19. The number of anilines is 1. The number of esters is 1. The number of hydrogen-bond donors (Lipinski definition) is 1. The van der Waals surface area contributed by atoms with E-state index in [0.29, 0.717) is 18.9 Å². The van der Waals surface area contributed by atoms with E-state index in [4.69, 9.17) is 0 Å². The molecule has 1 heterocycles. The monoisotopic (exact) mass is 457 g/mol. The number of benzene rings is 1. The molecule has 0 bridgehead atoms. The lowest BCUT2D eigenvalue weighted by atomic mass is 9.81. The molecule has 10 nitrogen and oxygen atoms in total. The Kier molecular flexibility index (Phi) is 6.46. The highest BCUT2D eigenvalue weighted by molar-refractivity contribution is 6.07. The molecule has 0 spiro atoms. The number of rotatable bonds is 6. The molecule has 1 aliphatic heterocycles. The number of carbonyl (C=O) groups excluding carboxylic acids is 4. The lowest BCUT2D eigenvalue weighted by molar-refractivity contribution is -0.385. The van der Waals surface area contributed by atoms with Crippen LogP contribution in [0.4, 0.5) is 24.5 Å². The number of nitro groups is 1. The molecule has 1 N–H and O–H groups in total. The van der Waals surface area contributed by atoms with Gasteiger partial charge in [0.05, 0.1) is 28.0 Å². The van der Waals surface area contributed by atoms with Crippen molar-refractivity contribution in [2.75, 3.05) is 18.5 Å². The molecule has 172 valence electrons. The Morgan fingerprint density at radius 3 is 2.28 bits per heavy atom. The minimum atomic E-state index is -4.99. The van der Waals surface area contributed by atoms with Crippen LogP contribution in [0.15, 0.2) is 18.2 Å². The minimum Gasteiger partial charge on any atom is -0.454 e. The molecule has 3 amide bonds. The maximum Gasteiger partial charge on any atom is 0.418 e. The summed E-state index contributed by atoms with van der Waals surface area (Å²) in [5.41, 5.74) is -3.01. The maximum atomic E-state index is 13.2. The fourth-order valence-corrected chi connectivity index (χ4v) is 3.88. The highest BCUT2D eigenvalue weighted by Crippen LogP contribution is 2.38. The molecule has 1 saturated heterocycles.